The van der Waals surface area contributed by atoms with Crippen LogP contribution >= 0.6 is 0 Å². The number of aryl methyl sites for hydroxylation is 1. The molecule has 0 saturated heterocycles. The largest absolute Gasteiger partial charge is 0.390 e. The summed E-state index contributed by atoms with van der Waals surface area (Å²) in [6, 6.07) is 2.22. The predicted molar refractivity (Wildman–Crippen MR) is 56.1 cm³/mol. The lowest BCUT2D eigenvalue weighted by molar-refractivity contribution is 0.0199. The second-order valence-electron chi connectivity index (χ2n) is 3.52. The standard InChI is InChI=1S/C10H11F2N3O2/c1-5-2-3-6(11)8(9(5)12)10(17)7(16)4-14-15-13/h2-3,7,10,16-17H,4H2,1H3. The van der Waals surface area contributed by atoms with E-state index in [-0.39, 0.29) is 5.56 Å². The van der Waals surface area contributed by atoms with E-state index in [9.17, 15) is 19.0 Å². The van der Waals surface area contributed by atoms with Gasteiger partial charge in [0, 0.05) is 4.91 Å². The normalized spacial score (nSPS) is 13.9. The van der Waals surface area contributed by atoms with Crippen molar-refractivity contribution in [3.8, 4) is 0 Å². The smallest absolute Gasteiger partial charge is 0.134 e. The van der Waals surface area contributed by atoms with Crippen molar-refractivity contribution in [2.75, 3.05) is 6.54 Å². The maximum atomic E-state index is 13.6. The van der Waals surface area contributed by atoms with E-state index in [1.54, 1.807) is 0 Å². The molecule has 7 heteroatoms. The molecule has 17 heavy (non-hydrogen) atoms. The summed E-state index contributed by atoms with van der Waals surface area (Å²) in [5.41, 5.74) is 7.57. The number of azide groups is 1. The number of halogens is 2. The summed E-state index contributed by atoms with van der Waals surface area (Å²) in [6.07, 6.45) is -3.34. The van der Waals surface area contributed by atoms with Gasteiger partial charge >= 0.3 is 0 Å². The Balaban J connectivity index is 3.06. The first kappa shape index (κ1) is 13.4. The van der Waals surface area contributed by atoms with Crippen molar-refractivity contribution in [3.05, 3.63) is 45.3 Å². The zero-order valence-corrected chi connectivity index (χ0v) is 9.01. The Morgan fingerprint density at radius 3 is 2.65 bits per heavy atom. The summed E-state index contributed by atoms with van der Waals surface area (Å²) < 4.78 is 26.9. The number of benzene rings is 1. The number of rotatable bonds is 4. The van der Waals surface area contributed by atoms with Crippen LogP contribution in [0, 0.1) is 18.6 Å². The van der Waals surface area contributed by atoms with Crippen LogP contribution < -0.4 is 0 Å². The number of aliphatic hydroxyl groups is 2. The van der Waals surface area contributed by atoms with Gasteiger partial charge in [-0.15, -0.1) is 0 Å². The highest BCUT2D eigenvalue weighted by atomic mass is 19.1. The van der Waals surface area contributed by atoms with Crippen LogP contribution in [0.5, 0.6) is 0 Å². The lowest BCUT2D eigenvalue weighted by atomic mass is 10.0. The Labute approximate surface area is 95.9 Å². The second kappa shape index (κ2) is 5.58. The van der Waals surface area contributed by atoms with Crippen molar-refractivity contribution in [2.24, 2.45) is 5.11 Å². The van der Waals surface area contributed by atoms with Gasteiger partial charge in [-0.1, -0.05) is 11.2 Å². The highest BCUT2D eigenvalue weighted by molar-refractivity contribution is 5.29. The third-order valence-corrected chi connectivity index (χ3v) is 2.31. The molecule has 1 aromatic carbocycles. The number of hydrogen-bond donors (Lipinski definition) is 2. The molecule has 0 bridgehead atoms. The summed E-state index contributed by atoms with van der Waals surface area (Å²) >= 11 is 0. The zero-order chi connectivity index (χ0) is 13.0. The molecule has 0 aliphatic carbocycles. The van der Waals surface area contributed by atoms with Crippen LogP contribution in [0.1, 0.15) is 17.2 Å². The maximum absolute atomic E-state index is 13.6. The van der Waals surface area contributed by atoms with Gasteiger partial charge in [0.25, 0.3) is 0 Å². The summed E-state index contributed by atoms with van der Waals surface area (Å²) in [6.45, 7) is 0.940. The zero-order valence-electron chi connectivity index (χ0n) is 9.01. The van der Waals surface area contributed by atoms with Gasteiger partial charge < -0.3 is 10.2 Å². The fraction of sp³-hybridized carbons (Fsp3) is 0.400. The molecule has 2 unspecified atom stereocenters. The fourth-order valence-corrected chi connectivity index (χ4v) is 1.36. The molecule has 0 amide bonds. The molecule has 0 aromatic heterocycles. The summed E-state index contributed by atoms with van der Waals surface area (Å²) in [7, 11) is 0. The Morgan fingerprint density at radius 1 is 1.41 bits per heavy atom. The van der Waals surface area contributed by atoms with Crippen LogP contribution in [0.2, 0.25) is 0 Å². The molecule has 0 spiro atoms. The molecule has 92 valence electrons. The number of hydrogen-bond acceptors (Lipinski definition) is 3. The van der Waals surface area contributed by atoms with Gasteiger partial charge in [0.15, 0.2) is 0 Å². The van der Waals surface area contributed by atoms with E-state index >= 15 is 0 Å². The van der Waals surface area contributed by atoms with Crippen LogP contribution in [0.25, 0.3) is 10.4 Å². The molecule has 0 saturated carbocycles. The van der Waals surface area contributed by atoms with Gasteiger partial charge in [-0.05, 0) is 24.1 Å². The molecule has 0 aliphatic heterocycles. The van der Waals surface area contributed by atoms with Gasteiger partial charge in [0.05, 0.1) is 18.2 Å². The van der Waals surface area contributed by atoms with E-state index in [0.717, 1.165) is 6.07 Å². The molecular formula is C10H11F2N3O2. The highest BCUT2D eigenvalue weighted by Gasteiger charge is 2.25. The Hall–Kier alpha value is -1.69. The van der Waals surface area contributed by atoms with Crippen molar-refractivity contribution in [3.63, 3.8) is 0 Å². The quantitative estimate of drug-likeness (QED) is 0.481. The van der Waals surface area contributed by atoms with Gasteiger partial charge in [0.2, 0.25) is 0 Å². The average molecular weight is 243 g/mol. The molecule has 5 nitrogen and oxygen atoms in total. The number of aliphatic hydroxyl groups excluding tert-OH is 2. The highest BCUT2D eigenvalue weighted by Crippen LogP contribution is 2.25. The fourth-order valence-electron chi connectivity index (χ4n) is 1.36. The van der Waals surface area contributed by atoms with E-state index in [0.29, 0.717) is 0 Å². The summed E-state index contributed by atoms with van der Waals surface area (Å²) in [4.78, 5) is 2.38. The maximum Gasteiger partial charge on any atom is 0.134 e. The predicted octanol–water partition coefficient (Wildman–Crippen LogP) is 1.98. The van der Waals surface area contributed by atoms with Crippen molar-refractivity contribution >= 4 is 0 Å². The lowest BCUT2D eigenvalue weighted by Gasteiger charge is -2.18. The van der Waals surface area contributed by atoms with Crippen molar-refractivity contribution in [2.45, 2.75) is 19.1 Å². The van der Waals surface area contributed by atoms with Crippen LogP contribution in [-0.4, -0.2) is 22.9 Å². The van der Waals surface area contributed by atoms with E-state index in [2.05, 4.69) is 10.0 Å². The molecule has 1 rings (SSSR count). The van der Waals surface area contributed by atoms with Crippen LogP contribution in [0.3, 0.4) is 0 Å². The number of nitrogens with zero attached hydrogens (tertiary/aromatic N) is 3. The molecule has 0 aliphatic rings. The molecule has 0 fully saturated rings. The molecule has 2 atom stereocenters. The topological polar surface area (TPSA) is 89.2 Å². The summed E-state index contributed by atoms with van der Waals surface area (Å²) in [5, 5.41) is 22.0. The Kier molecular flexibility index (Phi) is 4.39. The average Bonchev–Trinajstić information content (AvgIpc) is 2.31. The lowest BCUT2D eigenvalue weighted by Crippen LogP contribution is -2.23. The minimum Gasteiger partial charge on any atom is -0.390 e. The Morgan fingerprint density at radius 2 is 2.06 bits per heavy atom. The molecule has 1 aromatic rings. The third kappa shape index (κ3) is 2.91. The first-order valence-electron chi connectivity index (χ1n) is 4.80. The van der Waals surface area contributed by atoms with Gasteiger partial charge in [0.1, 0.15) is 17.7 Å². The Bertz CT molecular complexity index is 461. The van der Waals surface area contributed by atoms with E-state index in [1.165, 1.54) is 13.0 Å². The minimum absolute atomic E-state index is 0.149. The van der Waals surface area contributed by atoms with E-state index in [1.807, 2.05) is 0 Å². The molecule has 0 radical (unpaired) electrons. The van der Waals surface area contributed by atoms with Gasteiger partial charge in [-0.2, -0.15) is 0 Å². The SMILES string of the molecule is Cc1ccc(F)c(C(O)C(O)CN=[N+]=[N-])c1F. The van der Waals surface area contributed by atoms with Gasteiger partial charge in [-0.25, -0.2) is 8.78 Å². The van der Waals surface area contributed by atoms with Crippen LogP contribution in [0.4, 0.5) is 8.78 Å². The third-order valence-electron chi connectivity index (χ3n) is 2.31. The molecular weight excluding hydrogens is 232 g/mol. The van der Waals surface area contributed by atoms with E-state index in [4.69, 9.17) is 5.53 Å². The summed E-state index contributed by atoms with van der Waals surface area (Å²) in [5.74, 6) is -1.88. The first-order valence-corrected chi connectivity index (χ1v) is 4.80. The van der Waals surface area contributed by atoms with E-state index < -0.39 is 36.0 Å². The van der Waals surface area contributed by atoms with Crippen LogP contribution in [0.15, 0.2) is 17.2 Å². The minimum atomic E-state index is -1.78. The van der Waals surface area contributed by atoms with Crippen molar-refractivity contribution in [1.82, 2.24) is 0 Å². The second-order valence-corrected chi connectivity index (χ2v) is 3.52. The molecule has 2 N–H and O–H groups in total. The molecule has 0 heterocycles. The first-order chi connectivity index (χ1) is 7.99. The van der Waals surface area contributed by atoms with Crippen molar-refractivity contribution < 1.29 is 19.0 Å². The van der Waals surface area contributed by atoms with Crippen molar-refractivity contribution in [1.29, 1.82) is 0 Å². The van der Waals surface area contributed by atoms with Crippen LogP contribution in [-0.2, 0) is 0 Å². The monoisotopic (exact) mass is 243 g/mol. The van der Waals surface area contributed by atoms with Gasteiger partial charge in [-0.3, -0.25) is 0 Å².